The zero-order valence-electron chi connectivity index (χ0n) is 16.5. The summed E-state index contributed by atoms with van der Waals surface area (Å²) in [6, 6.07) is 0. The van der Waals surface area contributed by atoms with Gasteiger partial charge in [0.05, 0.1) is 24.9 Å². The van der Waals surface area contributed by atoms with Crippen molar-refractivity contribution in [2.24, 2.45) is 5.92 Å². The van der Waals surface area contributed by atoms with Crippen LogP contribution in [-0.4, -0.2) is 62.0 Å². The average Bonchev–Trinajstić information content (AvgIpc) is 2.67. The molecule has 1 aliphatic carbocycles. The van der Waals surface area contributed by atoms with Crippen molar-refractivity contribution < 1.29 is 19.0 Å². The standard InChI is InChI=1S/C21H37NO4/c1-2-24-14-15-25-19-8-13-26-21(17-19)9-11-22(12-10-21)20(23)16-18-6-4-3-5-7-18/h18-19H,2-17H2,1H3. The number of hydrogen-bond donors (Lipinski definition) is 0. The van der Waals surface area contributed by atoms with Crippen LogP contribution in [0.1, 0.15) is 71.1 Å². The molecule has 0 aromatic heterocycles. The fraction of sp³-hybridized carbons (Fsp3) is 0.952. The van der Waals surface area contributed by atoms with Gasteiger partial charge in [0.2, 0.25) is 5.91 Å². The van der Waals surface area contributed by atoms with Crippen LogP contribution in [-0.2, 0) is 19.0 Å². The third kappa shape index (κ3) is 5.67. The van der Waals surface area contributed by atoms with Crippen LogP contribution in [0.3, 0.4) is 0 Å². The maximum absolute atomic E-state index is 12.7. The summed E-state index contributed by atoms with van der Waals surface area (Å²) in [4.78, 5) is 14.7. The predicted octanol–water partition coefficient (Wildman–Crippen LogP) is 3.55. The topological polar surface area (TPSA) is 48.0 Å². The molecule has 0 radical (unpaired) electrons. The maximum atomic E-state index is 12.7. The lowest BCUT2D eigenvalue weighted by atomic mass is 9.82. The van der Waals surface area contributed by atoms with Crippen molar-refractivity contribution in [2.45, 2.75) is 82.8 Å². The molecule has 0 aromatic rings. The van der Waals surface area contributed by atoms with Gasteiger partial charge in [0.15, 0.2) is 0 Å². The highest BCUT2D eigenvalue weighted by Crippen LogP contribution is 2.36. The molecule has 1 amide bonds. The third-order valence-electron chi connectivity index (χ3n) is 6.45. The van der Waals surface area contributed by atoms with E-state index in [1.807, 2.05) is 6.92 Å². The van der Waals surface area contributed by atoms with Gasteiger partial charge in [0.1, 0.15) is 0 Å². The lowest BCUT2D eigenvalue weighted by molar-refractivity contribution is -0.163. The Morgan fingerprint density at radius 2 is 1.88 bits per heavy atom. The SMILES string of the molecule is CCOCCOC1CCOC2(CCN(C(=O)CC3CCCCC3)CC2)C1. The minimum atomic E-state index is -0.0733. The number of rotatable bonds is 7. The molecule has 3 fully saturated rings. The third-order valence-corrected chi connectivity index (χ3v) is 6.45. The number of hydrogen-bond acceptors (Lipinski definition) is 4. The minimum absolute atomic E-state index is 0.0733. The van der Waals surface area contributed by atoms with Crippen LogP contribution in [0.15, 0.2) is 0 Å². The fourth-order valence-electron chi connectivity index (χ4n) is 4.82. The first-order valence-corrected chi connectivity index (χ1v) is 10.8. The molecule has 0 bridgehead atoms. The first-order chi connectivity index (χ1) is 12.7. The highest BCUT2D eigenvalue weighted by atomic mass is 16.5. The minimum Gasteiger partial charge on any atom is -0.379 e. The molecule has 5 nitrogen and oxygen atoms in total. The van der Waals surface area contributed by atoms with Gasteiger partial charge in [0.25, 0.3) is 0 Å². The van der Waals surface area contributed by atoms with Crippen molar-refractivity contribution >= 4 is 5.91 Å². The molecule has 1 atom stereocenters. The first-order valence-electron chi connectivity index (χ1n) is 10.8. The van der Waals surface area contributed by atoms with Crippen LogP contribution in [0.5, 0.6) is 0 Å². The summed E-state index contributed by atoms with van der Waals surface area (Å²) < 4.78 is 17.6. The van der Waals surface area contributed by atoms with E-state index in [1.165, 1.54) is 32.1 Å². The molecule has 1 spiro atoms. The summed E-state index contributed by atoms with van der Waals surface area (Å²) in [5, 5.41) is 0. The van der Waals surface area contributed by atoms with Crippen molar-refractivity contribution in [2.75, 3.05) is 39.5 Å². The Morgan fingerprint density at radius 1 is 1.12 bits per heavy atom. The number of nitrogens with zero attached hydrogens (tertiary/aromatic N) is 1. The van der Waals surface area contributed by atoms with Gasteiger partial charge >= 0.3 is 0 Å². The second-order valence-corrected chi connectivity index (χ2v) is 8.30. The summed E-state index contributed by atoms with van der Waals surface area (Å²) in [6.45, 7) is 6.55. The molecule has 0 aromatic carbocycles. The van der Waals surface area contributed by atoms with E-state index in [9.17, 15) is 4.79 Å². The van der Waals surface area contributed by atoms with Crippen LogP contribution in [0.25, 0.3) is 0 Å². The molecule has 2 saturated heterocycles. The number of carbonyl (C=O) groups excluding carboxylic acids is 1. The summed E-state index contributed by atoms with van der Waals surface area (Å²) in [5.74, 6) is 0.994. The second kappa shape index (κ2) is 10.0. The Hall–Kier alpha value is -0.650. The molecule has 5 heteroatoms. The van der Waals surface area contributed by atoms with Gasteiger partial charge in [-0.25, -0.2) is 0 Å². The first kappa shape index (κ1) is 20.1. The Balaban J connectivity index is 1.40. The summed E-state index contributed by atoms with van der Waals surface area (Å²) in [6.07, 6.45) is 11.3. The van der Waals surface area contributed by atoms with Gasteiger partial charge in [-0.3, -0.25) is 4.79 Å². The molecule has 3 rings (SSSR count). The molecular formula is C21H37NO4. The van der Waals surface area contributed by atoms with Crippen LogP contribution in [0.2, 0.25) is 0 Å². The van der Waals surface area contributed by atoms with Crippen LogP contribution < -0.4 is 0 Å². The monoisotopic (exact) mass is 367 g/mol. The molecule has 3 aliphatic rings. The highest BCUT2D eigenvalue weighted by molar-refractivity contribution is 5.76. The molecule has 2 heterocycles. The van der Waals surface area contributed by atoms with E-state index in [4.69, 9.17) is 14.2 Å². The molecular weight excluding hydrogens is 330 g/mol. The predicted molar refractivity (Wildman–Crippen MR) is 101 cm³/mol. The van der Waals surface area contributed by atoms with Gasteiger partial charge in [-0.15, -0.1) is 0 Å². The Labute approximate surface area is 158 Å². The van der Waals surface area contributed by atoms with E-state index >= 15 is 0 Å². The maximum Gasteiger partial charge on any atom is 0.222 e. The van der Waals surface area contributed by atoms with Gasteiger partial charge in [-0.2, -0.15) is 0 Å². The number of amides is 1. The van der Waals surface area contributed by atoms with Crippen LogP contribution >= 0.6 is 0 Å². The van der Waals surface area contributed by atoms with Crippen LogP contribution in [0, 0.1) is 5.92 Å². The Bertz CT molecular complexity index is 428. The number of ether oxygens (including phenoxy) is 3. The van der Waals surface area contributed by atoms with Crippen molar-refractivity contribution in [3.63, 3.8) is 0 Å². The van der Waals surface area contributed by atoms with Crippen molar-refractivity contribution in [3.8, 4) is 0 Å². The lowest BCUT2D eigenvalue weighted by Crippen LogP contribution is -2.52. The van der Waals surface area contributed by atoms with Crippen molar-refractivity contribution in [1.29, 1.82) is 0 Å². The zero-order chi connectivity index (χ0) is 18.2. The normalized spacial score (nSPS) is 27.0. The van der Waals surface area contributed by atoms with E-state index < -0.39 is 0 Å². The number of carbonyl (C=O) groups is 1. The van der Waals surface area contributed by atoms with Crippen LogP contribution in [0.4, 0.5) is 0 Å². The van der Waals surface area contributed by atoms with Gasteiger partial charge in [-0.05, 0) is 44.9 Å². The smallest absolute Gasteiger partial charge is 0.222 e. The van der Waals surface area contributed by atoms with E-state index in [0.29, 0.717) is 25.0 Å². The molecule has 26 heavy (non-hydrogen) atoms. The van der Waals surface area contributed by atoms with E-state index in [2.05, 4.69) is 4.90 Å². The summed E-state index contributed by atoms with van der Waals surface area (Å²) in [5.41, 5.74) is -0.0733. The van der Waals surface area contributed by atoms with Gasteiger partial charge in [-0.1, -0.05) is 19.3 Å². The van der Waals surface area contributed by atoms with E-state index in [1.54, 1.807) is 0 Å². The van der Waals surface area contributed by atoms with E-state index in [0.717, 1.165) is 58.4 Å². The second-order valence-electron chi connectivity index (χ2n) is 8.30. The molecule has 150 valence electrons. The van der Waals surface area contributed by atoms with Gasteiger partial charge < -0.3 is 19.1 Å². The Morgan fingerprint density at radius 3 is 2.62 bits per heavy atom. The molecule has 1 unspecified atom stereocenters. The molecule has 2 aliphatic heterocycles. The van der Waals surface area contributed by atoms with Gasteiger partial charge in [0, 0.05) is 39.1 Å². The average molecular weight is 368 g/mol. The van der Waals surface area contributed by atoms with E-state index in [-0.39, 0.29) is 11.7 Å². The fourth-order valence-corrected chi connectivity index (χ4v) is 4.82. The molecule has 1 saturated carbocycles. The van der Waals surface area contributed by atoms with Crippen molar-refractivity contribution in [1.82, 2.24) is 4.90 Å². The largest absolute Gasteiger partial charge is 0.379 e. The number of piperidine rings is 1. The summed E-state index contributed by atoms with van der Waals surface area (Å²) >= 11 is 0. The highest BCUT2D eigenvalue weighted by Gasteiger charge is 2.41. The molecule has 0 N–H and O–H groups in total. The zero-order valence-corrected chi connectivity index (χ0v) is 16.5. The summed E-state index contributed by atoms with van der Waals surface area (Å²) in [7, 11) is 0. The number of likely N-dealkylation sites (tertiary alicyclic amines) is 1. The quantitative estimate of drug-likeness (QED) is 0.646. The lowest BCUT2D eigenvalue weighted by Gasteiger charge is -2.46. The Kier molecular flexibility index (Phi) is 7.77. The van der Waals surface area contributed by atoms with Crippen molar-refractivity contribution in [3.05, 3.63) is 0 Å².